The fourth-order valence-electron chi connectivity index (χ4n) is 1.72. The second-order valence-corrected chi connectivity index (χ2v) is 4.94. The van der Waals surface area contributed by atoms with E-state index in [0.29, 0.717) is 0 Å². The van der Waals surface area contributed by atoms with Gasteiger partial charge in [0.25, 0.3) is 0 Å². The fourth-order valence-corrected chi connectivity index (χ4v) is 3.09. The van der Waals surface area contributed by atoms with E-state index in [-0.39, 0.29) is 0 Å². The number of nitrogens with zero attached hydrogens (tertiary/aromatic N) is 1. The minimum Gasteiger partial charge on any atom is -0.625 e. The van der Waals surface area contributed by atoms with Gasteiger partial charge in [-0.3, -0.25) is 0 Å². The molecule has 1 aromatic heterocycles. The standard InChI is InChI=1S/C12H8NOP/c14-15-11-7-3-1-5-9(11)13-10-6-2-4-8-12(10)15/h1-8H. The van der Waals surface area contributed by atoms with E-state index in [9.17, 15) is 4.89 Å². The number of hydrogen-bond acceptors (Lipinski definition) is 2. The highest BCUT2D eigenvalue weighted by Gasteiger charge is 2.10. The van der Waals surface area contributed by atoms with Crippen LogP contribution in [-0.2, 0) is 0 Å². The average Bonchev–Trinajstić information content (AvgIpc) is 2.30. The van der Waals surface area contributed by atoms with Crippen molar-refractivity contribution in [3.8, 4) is 0 Å². The van der Waals surface area contributed by atoms with Crippen molar-refractivity contribution in [2.75, 3.05) is 0 Å². The van der Waals surface area contributed by atoms with E-state index in [0.717, 1.165) is 21.3 Å². The maximum atomic E-state index is 12.2. The number of rotatable bonds is 0. The lowest BCUT2D eigenvalue weighted by atomic mass is 10.3. The molecule has 1 heterocycles. The zero-order valence-corrected chi connectivity index (χ0v) is 8.82. The quantitative estimate of drug-likeness (QED) is 0.538. The molecule has 72 valence electrons. The van der Waals surface area contributed by atoms with Crippen LogP contribution in [0.4, 0.5) is 0 Å². The van der Waals surface area contributed by atoms with Crippen LogP contribution in [0.15, 0.2) is 48.5 Å². The Labute approximate surface area is 88.0 Å². The number of para-hydroxylation sites is 2. The van der Waals surface area contributed by atoms with E-state index >= 15 is 0 Å². The summed E-state index contributed by atoms with van der Waals surface area (Å²) < 4.78 is 0. The van der Waals surface area contributed by atoms with Gasteiger partial charge in [0, 0.05) is 0 Å². The minimum atomic E-state index is -1.47. The van der Waals surface area contributed by atoms with Gasteiger partial charge in [-0.25, -0.2) is 4.98 Å². The normalized spacial score (nSPS) is 11.0. The van der Waals surface area contributed by atoms with Crippen molar-refractivity contribution in [2.45, 2.75) is 0 Å². The fraction of sp³-hybridized carbons (Fsp3) is 0. The van der Waals surface area contributed by atoms with E-state index in [2.05, 4.69) is 4.98 Å². The van der Waals surface area contributed by atoms with Gasteiger partial charge < -0.3 is 4.89 Å². The molecular formula is C12H8NOP. The van der Waals surface area contributed by atoms with Crippen molar-refractivity contribution in [1.29, 1.82) is 0 Å². The van der Waals surface area contributed by atoms with Gasteiger partial charge in [0.2, 0.25) is 0 Å². The van der Waals surface area contributed by atoms with Crippen LogP contribution in [-0.4, -0.2) is 4.98 Å². The maximum absolute atomic E-state index is 12.2. The van der Waals surface area contributed by atoms with Crippen molar-refractivity contribution in [2.24, 2.45) is 0 Å². The molecular weight excluding hydrogens is 205 g/mol. The number of benzene rings is 2. The van der Waals surface area contributed by atoms with Gasteiger partial charge >= 0.3 is 0 Å². The molecule has 0 saturated heterocycles. The van der Waals surface area contributed by atoms with Gasteiger partial charge in [0.05, 0.1) is 0 Å². The molecule has 3 heteroatoms. The van der Waals surface area contributed by atoms with Gasteiger partial charge in [-0.05, 0) is 24.3 Å². The highest BCUT2D eigenvalue weighted by atomic mass is 31.1. The Balaban J connectivity index is 2.60. The smallest absolute Gasteiger partial charge is 0.171 e. The highest BCUT2D eigenvalue weighted by molar-refractivity contribution is 7.53. The third-order valence-corrected chi connectivity index (χ3v) is 4.07. The lowest BCUT2D eigenvalue weighted by Crippen LogP contribution is -1.89. The number of aromatic nitrogens is 1. The molecule has 0 saturated carbocycles. The number of fused-ring (bicyclic) bond motifs is 2. The Hall–Kier alpha value is -1.50. The van der Waals surface area contributed by atoms with Crippen LogP contribution >= 0.6 is 7.76 Å². The Morgan fingerprint density at radius 2 is 1.27 bits per heavy atom. The van der Waals surface area contributed by atoms with Gasteiger partial charge in [0.15, 0.2) is 10.2 Å². The summed E-state index contributed by atoms with van der Waals surface area (Å²) in [4.78, 5) is 16.7. The molecule has 0 bridgehead atoms. The van der Waals surface area contributed by atoms with Gasteiger partial charge in [-0.15, -0.1) is 0 Å². The summed E-state index contributed by atoms with van der Waals surface area (Å²) in [6.07, 6.45) is 0. The first kappa shape index (κ1) is 8.78. The second kappa shape index (κ2) is 3.27. The SMILES string of the molecule is [O-][p+]1c2ccccc2nc2ccccc21. The molecule has 3 rings (SSSR count). The lowest BCUT2D eigenvalue weighted by Gasteiger charge is -2.01. The van der Waals surface area contributed by atoms with Crippen LogP contribution in [0.25, 0.3) is 21.3 Å². The van der Waals surface area contributed by atoms with Gasteiger partial charge in [-0.1, -0.05) is 24.3 Å². The first-order valence-electron chi connectivity index (χ1n) is 4.73. The summed E-state index contributed by atoms with van der Waals surface area (Å²) >= 11 is 0. The highest BCUT2D eigenvalue weighted by Crippen LogP contribution is 2.36. The third-order valence-electron chi connectivity index (χ3n) is 2.44. The summed E-state index contributed by atoms with van der Waals surface area (Å²) in [5.74, 6) is 0. The molecule has 0 fully saturated rings. The predicted octanol–water partition coefficient (Wildman–Crippen LogP) is 2.78. The van der Waals surface area contributed by atoms with Crippen molar-refractivity contribution in [3.05, 3.63) is 48.5 Å². The number of hydrogen-bond donors (Lipinski definition) is 0. The largest absolute Gasteiger partial charge is 0.625 e. The summed E-state index contributed by atoms with van der Waals surface area (Å²) in [6, 6.07) is 15.2. The molecule has 0 aliphatic carbocycles. The molecule has 0 aliphatic heterocycles. The summed E-state index contributed by atoms with van der Waals surface area (Å²) in [6.45, 7) is 0. The van der Waals surface area contributed by atoms with Crippen molar-refractivity contribution < 1.29 is 4.89 Å². The Bertz CT molecular complexity index is 597. The second-order valence-electron chi connectivity index (χ2n) is 3.38. The zero-order chi connectivity index (χ0) is 10.3. The molecule has 0 spiro atoms. The van der Waals surface area contributed by atoms with E-state index < -0.39 is 7.76 Å². The summed E-state index contributed by atoms with van der Waals surface area (Å²) in [7, 11) is -1.47. The van der Waals surface area contributed by atoms with Gasteiger partial charge in [-0.2, -0.15) is 0 Å². The molecule has 0 atom stereocenters. The monoisotopic (exact) mass is 213 g/mol. The Morgan fingerprint density at radius 3 is 1.80 bits per heavy atom. The van der Waals surface area contributed by atoms with Crippen LogP contribution in [0, 0.1) is 0 Å². The van der Waals surface area contributed by atoms with Crippen molar-refractivity contribution >= 4 is 29.0 Å². The molecule has 3 aromatic rings. The van der Waals surface area contributed by atoms with Crippen LogP contribution in [0.1, 0.15) is 0 Å². The van der Waals surface area contributed by atoms with Crippen LogP contribution in [0.2, 0.25) is 0 Å². The van der Waals surface area contributed by atoms with E-state index in [1.54, 1.807) is 0 Å². The molecule has 0 aliphatic rings. The molecule has 15 heavy (non-hydrogen) atoms. The third kappa shape index (κ3) is 1.30. The predicted molar refractivity (Wildman–Crippen MR) is 61.8 cm³/mol. The van der Waals surface area contributed by atoms with Crippen LogP contribution < -0.4 is 4.89 Å². The molecule has 2 nitrogen and oxygen atoms in total. The van der Waals surface area contributed by atoms with Gasteiger partial charge in [0.1, 0.15) is 18.8 Å². The molecule has 0 amide bonds. The lowest BCUT2D eigenvalue weighted by molar-refractivity contribution is -0.148. The Kier molecular flexibility index (Phi) is 1.91. The van der Waals surface area contributed by atoms with E-state index in [4.69, 9.17) is 0 Å². The first-order valence-corrected chi connectivity index (χ1v) is 5.99. The minimum absolute atomic E-state index is 0.831. The van der Waals surface area contributed by atoms with E-state index in [1.807, 2.05) is 48.5 Å². The topological polar surface area (TPSA) is 36.0 Å². The molecule has 0 N–H and O–H groups in total. The summed E-state index contributed by atoms with van der Waals surface area (Å²) in [5.41, 5.74) is 1.66. The van der Waals surface area contributed by atoms with Crippen molar-refractivity contribution in [1.82, 2.24) is 4.98 Å². The molecule has 0 radical (unpaired) electrons. The maximum Gasteiger partial charge on any atom is 0.171 e. The molecule has 2 aromatic carbocycles. The summed E-state index contributed by atoms with van der Waals surface area (Å²) in [5, 5.41) is 1.68. The zero-order valence-electron chi connectivity index (χ0n) is 7.92. The first-order chi connectivity index (χ1) is 7.36. The van der Waals surface area contributed by atoms with Crippen LogP contribution in [0.3, 0.4) is 0 Å². The van der Waals surface area contributed by atoms with Crippen LogP contribution in [0.5, 0.6) is 0 Å². The average molecular weight is 213 g/mol. The molecule has 0 unspecified atom stereocenters. The van der Waals surface area contributed by atoms with E-state index in [1.165, 1.54) is 0 Å². The Morgan fingerprint density at radius 1 is 0.800 bits per heavy atom. The van der Waals surface area contributed by atoms with Crippen molar-refractivity contribution in [3.63, 3.8) is 0 Å².